The van der Waals surface area contributed by atoms with Crippen LogP contribution in [0.2, 0.25) is 0 Å². The Labute approximate surface area is 101 Å². The molecule has 1 rings (SSSR count). The van der Waals surface area contributed by atoms with Crippen LogP contribution in [0.15, 0.2) is 18.3 Å². The maximum Gasteiger partial charge on any atom is 0.130 e. The summed E-state index contributed by atoms with van der Waals surface area (Å²) >= 11 is 0. The Balaban J connectivity index is 2.96. The van der Waals surface area contributed by atoms with Crippen molar-refractivity contribution in [3.8, 4) is 12.1 Å². The molecule has 0 aliphatic carbocycles. The molecule has 1 heterocycles. The Hall–Kier alpha value is -2.11. The number of hydrogen-bond donors (Lipinski definition) is 1. The van der Waals surface area contributed by atoms with Crippen molar-refractivity contribution in [3.05, 3.63) is 23.9 Å². The van der Waals surface area contributed by atoms with Gasteiger partial charge in [0.05, 0.1) is 12.1 Å². The number of rotatable bonds is 5. The molecule has 88 valence electrons. The zero-order valence-corrected chi connectivity index (χ0v) is 10.0. The van der Waals surface area contributed by atoms with Crippen LogP contribution in [0.4, 0.5) is 5.82 Å². The number of hydrogen-bond acceptors (Lipinski definition) is 5. The Morgan fingerprint density at radius 2 is 2.06 bits per heavy atom. The predicted octanol–water partition coefficient (Wildman–Crippen LogP) is 1.22. The first-order valence-corrected chi connectivity index (χ1v) is 5.35. The molecule has 0 saturated heterocycles. The van der Waals surface area contributed by atoms with E-state index in [1.807, 2.05) is 38.2 Å². The van der Waals surface area contributed by atoms with Gasteiger partial charge >= 0.3 is 0 Å². The Bertz CT molecular complexity index is 427. The lowest BCUT2D eigenvalue weighted by atomic mass is 10.1. The van der Waals surface area contributed by atoms with Crippen molar-refractivity contribution in [2.45, 2.75) is 13.0 Å². The van der Waals surface area contributed by atoms with E-state index >= 15 is 0 Å². The Morgan fingerprint density at radius 1 is 1.41 bits per heavy atom. The molecule has 0 amide bonds. The van der Waals surface area contributed by atoms with Gasteiger partial charge in [0.2, 0.25) is 0 Å². The highest BCUT2D eigenvalue weighted by molar-refractivity contribution is 5.43. The first-order chi connectivity index (χ1) is 8.22. The molecular formula is C12H15N5. The minimum atomic E-state index is 0.165. The van der Waals surface area contributed by atoms with E-state index in [2.05, 4.69) is 10.3 Å². The summed E-state index contributed by atoms with van der Waals surface area (Å²) in [4.78, 5) is 5.83. The third-order valence-electron chi connectivity index (χ3n) is 2.55. The number of aromatic nitrogens is 1. The molecule has 1 atom stereocenters. The third kappa shape index (κ3) is 3.44. The number of nitrogens with one attached hydrogen (secondary N) is 1. The molecule has 0 aliphatic heterocycles. The van der Waals surface area contributed by atoms with Gasteiger partial charge in [0.15, 0.2) is 0 Å². The van der Waals surface area contributed by atoms with Crippen molar-refractivity contribution in [2.24, 2.45) is 0 Å². The summed E-state index contributed by atoms with van der Waals surface area (Å²) in [5.74, 6) is 0.660. The summed E-state index contributed by atoms with van der Waals surface area (Å²) in [5, 5.41) is 20.6. The smallest absolute Gasteiger partial charge is 0.130 e. The monoisotopic (exact) mass is 229 g/mol. The van der Waals surface area contributed by atoms with Gasteiger partial charge in [0.25, 0.3) is 0 Å². The molecule has 5 nitrogen and oxygen atoms in total. The van der Waals surface area contributed by atoms with E-state index in [1.165, 1.54) is 0 Å². The van der Waals surface area contributed by atoms with Crippen LogP contribution in [-0.2, 0) is 0 Å². The van der Waals surface area contributed by atoms with Crippen LogP contribution in [-0.4, -0.2) is 25.1 Å². The van der Waals surface area contributed by atoms with E-state index < -0.39 is 0 Å². The largest absolute Gasteiger partial charge is 0.330 e. The second kappa shape index (κ2) is 6.47. The summed E-state index contributed by atoms with van der Waals surface area (Å²) in [6.45, 7) is 2.37. The first-order valence-electron chi connectivity index (χ1n) is 5.35. The lowest BCUT2D eigenvalue weighted by Gasteiger charge is -2.19. The number of nitrogens with zero attached hydrogens (tertiary/aromatic N) is 4. The van der Waals surface area contributed by atoms with Gasteiger partial charge in [-0.25, -0.2) is 4.98 Å². The van der Waals surface area contributed by atoms with E-state index in [9.17, 15) is 0 Å². The van der Waals surface area contributed by atoms with Gasteiger partial charge in [-0.3, -0.25) is 0 Å². The van der Waals surface area contributed by atoms with Crippen LogP contribution >= 0.6 is 0 Å². The van der Waals surface area contributed by atoms with Crippen molar-refractivity contribution < 1.29 is 0 Å². The van der Waals surface area contributed by atoms with Crippen molar-refractivity contribution in [1.29, 1.82) is 10.5 Å². The molecule has 0 saturated carbocycles. The van der Waals surface area contributed by atoms with E-state index in [0.29, 0.717) is 5.82 Å². The Kier molecular flexibility index (Phi) is 4.93. The van der Waals surface area contributed by atoms with Crippen LogP contribution < -0.4 is 10.2 Å². The van der Waals surface area contributed by atoms with Gasteiger partial charge < -0.3 is 10.2 Å². The van der Waals surface area contributed by atoms with E-state index in [-0.39, 0.29) is 19.1 Å². The summed E-state index contributed by atoms with van der Waals surface area (Å²) in [6, 6.07) is 8.09. The van der Waals surface area contributed by atoms with Crippen molar-refractivity contribution >= 4 is 5.82 Å². The minimum Gasteiger partial charge on any atom is -0.330 e. The molecule has 0 fully saturated rings. The number of anilines is 1. The van der Waals surface area contributed by atoms with Crippen molar-refractivity contribution in [1.82, 2.24) is 10.3 Å². The minimum absolute atomic E-state index is 0.165. The second-order valence-electron chi connectivity index (χ2n) is 3.63. The topological polar surface area (TPSA) is 75.7 Å². The highest BCUT2D eigenvalue weighted by Crippen LogP contribution is 2.17. The van der Waals surface area contributed by atoms with Crippen LogP contribution in [0.3, 0.4) is 0 Å². The zero-order valence-electron chi connectivity index (χ0n) is 10.0. The van der Waals surface area contributed by atoms with Gasteiger partial charge in [-0.15, -0.1) is 0 Å². The van der Waals surface area contributed by atoms with Crippen LogP contribution in [0, 0.1) is 22.7 Å². The molecule has 0 bridgehead atoms. The summed E-state index contributed by atoms with van der Waals surface area (Å²) in [6.07, 6.45) is 1.69. The number of nitriles is 2. The Morgan fingerprint density at radius 3 is 2.59 bits per heavy atom. The highest BCUT2D eigenvalue weighted by atomic mass is 15.2. The lowest BCUT2D eigenvalue weighted by molar-refractivity contribution is 0.651. The predicted molar refractivity (Wildman–Crippen MR) is 65.2 cm³/mol. The third-order valence-corrected chi connectivity index (χ3v) is 2.55. The number of pyridine rings is 1. The standard InChI is InChI=1S/C12H15N5/c1-10(15-2)11-3-6-16-12(9-11)17(7-4-13)8-5-14/h3,6,9-10,15H,7-8H2,1-2H3. The fourth-order valence-corrected chi connectivity index (χ4v) is 1.43. The molecule has 1 N–H and O–H groups in total. The van der Waals surface area contributed by atoms with Gasteiger partial charge in [0, 0.05) is 12.2 Å². The SMILES string of the molecule is CNC(C)c1ccnc(N(CC#N)CC#N)c1. The molecule has 0 aliphatic rings. The molecule has 1 unspecified atom stereocenters. The average Bonchev–Trinajstić information content (AvgIpc) is 2.37. The first kappa shape index (κ1) is 13.0. The van der Waals surface area contributed by atoms with Gasteiger partial charge in [0.1, 0.15) is 18.9 Å². The normalized spacial score (nSPS) is 11.3. The summed E-state index contributed by atoms with van der Waals surface area (Å²) < 4.78 is 0. The summed E-state index contributed by atoms with van der Waals surface area (Å²) in [7, 11) is 1.88. The van der Waals surface area contributed by atoms with Crippen LogP contribution in [0.1, 0.15) is 18.5 Å². The molecule has 5 heteroatoms. The maximum absolute atomic E-state index is 8.71. The van der Waals surface area contributed by atoms with Crippen LogP contribution in [0.25, 0.3) is 0 Å². The van der Waals surface area contributed by atoms with E-state index in [4.69, 9.17) is 10.5 Å². The van der Waals surface area contributed by atoms with Gasteiger partial charge in [-0.1, -0.05) is 0 Å². The molecular weight excluding hydrogens is 214 g/mol. The van der Waals surface area contributed by atoms with Gasteiger partial charge in [-0.2, -0.15) is 10.5 Å². The molecule has 1 aromatic rings. The zero-order chi connectivity index (χ0) is 12.7. The van der Waals surface area contributed by atoms with Crippen LogP contribution in [0.5, 0.6) is 0 Å². The lowest BCUT2D eigenvalue weighted by Crippen LogP contribution is -2.25. The highest BCUT2D eigenvalue weighted by Gasteiger charge is 2.09. The molecule has 0 aromatic carbocycles. The second-order valence-corrected chi connectivity index (χ2v) is 3.63. The fraction of sp³-hybridized carbons (Fsp3) is 0.417. The van der Waals surface area contributed by atoms with Crippen molar-refractivity contribution in [3.63, 3.8) is 0 Å². The quantitative estimate of drug-likeness (QED) is 0.768. The van der Waals surface area contributed by atoms with E-state index in [0.717, 1.165) is 5.56 Å². The fourth-order valence-electron chi connectivity index (χ4n) is 1.43. The summed E-state index contributed by atoms with van der Waals surface area (Å²) in [5.41, 5.74) is 1.08. The maximum atomic E-state index is 8.71. The molecule has 0 radical (unpaired) electrons. The molecule has 1 aromatic heterocycles. The molecule has 0 spiro atoms. The van der Waals surface area contributed by atoms with E-state index in [1.54, 1.807) is 11.1 Å². The average molecular weight is 229 g/mol. The van der Waals surface area contributed by atoms with Crippen molar-refractivity contribution in [2.75, 3.05) is 25.0 Å². The van der Waals surface area contributed by atoms with Gasteiger partial charge in [-0.05, 0) is 31.7 Å². The molecule has 17 heavy (non-hydrogen) atoms.